The second kappa shape index (κ2) is 5.21. The summed E-state index contributed by atoms with van der Waals surface area (Å²) in [6.45, 7) is 3.14. The molecule has 0 aromatic carbocycles. The molecule has 1 aromatic rings. The van der Waals surface area contributed by atoms with E-state index in [1.165, 1.54) is 0 Å². The molecule has 0 radical (unpaired) electrons. The number of carbonyl (C=O) groups is 3. The molecule has 1 aliphatic heterocycles. The van der Waals surface area contributed by atoms with Crippen molar-refractivity contribution in [2.24, 2.45) is 0 Å². The molecule has 102 valence electrons. The number of hydrogen-bond acceptors (Lipinski definition) is 6. The predicted octanol–water partition coefficient (Wildman–Crippen LogP) is 0.597. The van der Waals surface area contributed by atoms with Gasteiger partial charge in [-0.3, -0.25) is 14.5 Å². The fraction of sp³-hybridized carbons (Fsp3) is 0.500. The van der Waals surface area contributed by atoms with Gasteiger partial charge in [0.25, 0.3) is 5.91 Å². The molecule has 0 spiro atoms. The molecule has 1 aliphatic rings. The molecule has 2 heterocycles. The van der Waals surface area contributed by atoms with Crippen LogP contribution in [0.15, 0.2) is 4.52 Å². The lowest BCUT2D eigenvalue weighted by molar-refractivity contribution is -0.143. The summed E-state index contributed by atoms with van der Waals surface area (Å²) in [6.07, 6.45) is 1.02. The average Bonchev–Trinajstić information content (AvgIpc) is 2.93. The van der Waals surface area contributed by atoms with Crippen molar-refractivity contribution in [1.29, 1.82) is 0 Å². The maximum Gasteiger partial charge on any atom is 0.344 e. The summed E-state index contributed by atoms with van der Waals surface area (Å²) in [6, 6.07) is 0. The van der Waals surface area contributed by atoms with Crippen LogP contribution in [0.25, 0.3) is 0 Å². The first-order valence-corrected chi connectivity index (χ1v) is 5.94. The van der Waals surface area contributed by atoms with Gasteiger partial charge in [-0.25, -0.2) is 4.79 Å². The maximum atomic E-state index is 11.8. The first-order chi connectivity index (χ1) is 9.00. The van der Waals surface area contributed by atoms with Gasteiger partial charge >= 0.3 is 5.97 Å². The quantitative estimate of drug-likeness (QED) is 0.744. The van der Waals surface area contributed by atoms with Crippen LogP contribution in [0.4, 0.5) is 0 Å². The van der Waals surface area contributed by atoms with Gasteiger partial charge in [0.15, 0.2) is 6.61 Å². The minimum Gasteiger partial charge on any atom is -0.452 e. The number of aryl methyl sites for hydroxylation is 2. The highest BCUT2D eigenvalue weighted by Crippen LogP contribution is 2.14. The third kappa shape index (κ3) is 2.64. The minimum atomic E-state index is -0.670. The zero-order chi connectivity index (χ0) is 14.0. The van der Waals surface area contributed by atoms with E-state index in [9.17, 15) is 14.4 Å². The van der Waals surface area contributed by atoms with E-state index in [4.69, 9.17) is 9.26 Å². The molecule has 0 atom stereocenters. The highest BCUT2D eigenvalue weighted by atomic mass is 16.5. The van der Waals surface area contributed by atoms with Gasteiger partial charge in [0.2, 0.25) is 5.91 Å². The molecule has 1 saturated heterocycles. The molecule has 7 heteroatoms. The lowest BCUT2D eigenvalue weighted by Gasteiger charge is -2.13. The van der Waals surface area contributed by atoms with Gasteiger partial charge in [-0.2, -0.15) is 0 Å². The van der Waals surface area contributed by atoms with Crippen molar-refractivity contribution in [3.63, 3.8) is 0 Å². The van der Waals surface area contributed by atoms with E-state index in [1.807, 2.05) is 0 Å². The number of ether oxygens (including phenoxy) is 1. The number of carbonyl (C=O) groups excluding carboxylic acids is 3. The number of aromatic nitrogens is 1. The smallest absolute Gasteiger partial charge is 0.344 e. The first kappa shape index (κ1) is 13.3. The topological polar surface area (TPSA) is 89.7 Å². The molecule has 0 bridgehead atoms. The van der Waals surface area contributed by atoms with Crippen LogP contribution in [0.3, 0.4) is 0 Å². The van der Waals surface area contributed by atoms with Crippen LogP contribution in [0, 0.1) is 13.8 Å². The van der Waals surface area contributed by atoms with Crippen LogP contribution in [-0.4, -0.2) is 41.0 Å². The van der Waals surface area contributed by atoms with E-state index in [-0.39, 0.29) is 11.5 Å². The molecule has 1 aromatic heterocycles. The van der Waals surface area contributed by atoms with Crippen molar-refractivity contribution < 1.29 is 23.6 Å². The highest BCUT2D eigenvalue weighted by Gasteiger charge is 2.28. The maximum absolute atomic E-state index is 11.8. The first-order valence-electron chi connectivity index (χ1n) is 5.94. The summed E-state index contributed by atoms with van der Waals surface area (Å²) in [5, 5.41) is 3.63. The number of imide groups is 1. The lowest BCUT2D eigenvalue weighted by Crippen LogP contribution is -2.35. The number of rotatable bonds is 3. The van der Waals surface area contributed by atoms with Crippen molar-refractivity contribution in [2.75, 3.05) is 13.2 Å². The Kier molecular flexibility index (Phi) is 3.64. The largest absolute Gasteiger partial charge is 0.452 e. The fourth-order valence-electron chi connectivity index (χ4n) is 1.96. The van der Waals surface area contributed by atoms with Crippen LogP contribution in [0.5, 0.6) is 0 Å². The second-order valence-electron chi connectivity index (χ2n) is 4.32. The van der Waals surface area contributed by atoms with Gasteiger partial charge in [0, 0.05) is 13.0 Å². The molecule has 2 amide bonds. The van der Waals surface area contributed by atoms with Crippen molar-refractivity contribution in [2.45, 2.75) is 26.7 Å². The van der Waals surface area contributed by atoms with E-state index < -0.39 is 18.5 Å². The van der Waals surface area contributed by atoms with Gasteiger partial charge in [0.05, 0.1) is 5.69 Å². The van der Waals surface area contributed by atoms with Gasteiger partial charge in [-0.05, 0) is 20.3 Å². The molecule has 19 heavy (non-hydrogen) atoms. The number of hydrogen-bond donors (Lipinski definition) is 0. The van der Waals surface area contributed by atoms with E-state index in [0.717, 1.165) is 4.90 Å². The summed E-state index contributed by atoms with van der Waals surface area (Å²) in [4.78, 5) is 35.9. The van der Waals surface area contributed by atoms with E-state index in [2.05, 4.69) is 5.16 Å². The van der Waals surface area contributed by atoms with Crippen LogP contribution < -0.4 is 0 Å². The minimum absolute atomic E-state index is 0.223. The second-order valence-corrected chi connectivity index (χ2v) is 4.32. The Hall–Kier alpha value is -2.18. The number of nitrogens with zero attached hydrogens (tertiary/aromatic N) is 2. The van der Waals surface area contributed by atoms with Crippen LogP contribution in [0.1, 0.15) is 34.7 Å². The lowest BCUT2D eigenvalue weighted by atomic mass is 10.2. The predicted molar refractivity (Wildman–Crippen MR) is 62.2 cm³/mol. The summed E-state index contributed by atoms with van der Waals surface area (Å²) in [7, 11) is 0. The van der Waals surface area contributed by atoms with Crippen molar-refractivity contribution in [3.05, 3.63) is 17.0 Å². The van der Waals surface area contributed by atoms with Gasteiger partial charge in [0.1, 0.15) is 11.3 Å². The van der Waals surface area contributed by atoms with Crippen molar-refractivity contribution in [1.82, 2.24) is 10.1 Å². The molecule has 0 unspecified atom stereocenters. The molecule has 0 N–H and O–H groups in total. The zero-order valence-corrected chi connectivity index (χ0v) is 10.8. The Morgan fingerprint density at radius 2 is 2.16 bits per heavy atom. The van der Waals surface area contributed by atoms with Gasteiger partial charge in [-0.15, -0.1) is 0 Å². The molecule has 2 rings (SSSR count). The summed E-state index contributed by atoms with van der Waals surface area (Å²) < 4.78 is 9.73. The average molecular weight is 266 g/mol. The van der Waals surface area contributed by atoms with E-state index in [0.29, 0.717) is 30.8 Å². The Balaban J connectivity index is 1.94. The van der Waals surface area contributed by atoms with Crippen molar-refractivity contribution >= 4 is 17.8 Å². The summed E-state index contributed by atoms with van der Waals surface area (Å²) in [5.74, 6) is -1.05. The Morgan fingerprint density at radius 3 is 2.68 bits per heavy atom. The third-order valence-corrected chi connectivity index (χ3v) is 2.94. The van der Waals surface area contributed by atoms with Crippen LogP contribution in [0.2, 0.25) is 0 Å². The Labute approximate surface area is 109 Å². The van der Waals surface area contributed by atoms with Gasteiger partial charge in [-0.1, -0.05) is 5.16 Å². The summed E-state index contributed by atoms with van der Waals surface area (Å²) in [5.41, 5.74) is 0.632. The normalized spacial score (nSPS) is 14.8. The molecule has 0 saturated carbocycles. The molecular weight excluding hydrogens is 252 g/mol. The SMILES string of the molecule is Cc1noc(C)c1C(=O)OCC(=O)N1CCCC1=O. The standard InChI is InChI=1S/C12H14N2O5/c1-7-11(8(2)19-13-7)12(17)18-6-10(16)14-5-3-4-9(14)15/h3-6H2,1-2H3. The Bertz CT molecular complexity index is 515. The summed E-state index contributed by atoms with van der Waals surface area (Å²) >= 11 is 0. The third-order valence-electron chi connectivity index (χ3n) is 2.94. The molecule has 7 nitrogen and oxygen atoms in total. The molecule has 0 aliphatic carbocycles. The van der Waals surface area contributed by atoms with E-state index in [1.54, 1.807) is 13.8 Å². The number of amides is 2. The van der Waals surface area contributed by atoms with Crippen LogP contribution >= 0.6 is 0 Å². The number of esters is 1. The van der Waals surface area contributed by atoms with Crippen molar-refractivity contribution in [3.8, 4) is 0 Å². The monoisotopic (exact) mass is 266 g/mol. The Morgan fingerprint density at radius 1 is 1.42 bits per heavy atom. The zero-order valence-electron chi connectivity index (χ0n) is 10.8. The number of likely N-dealkylation sites (tertiary alicyclic amines) is 1. The fourth-order valence-corrected chi connectivity index (χ4v) is 1.96. The van der Waals surface area contributed by atoms with Crippen LogP contribution in [-0.2, 0) is 14.3 Å². The van der Waals surface area contributed by atoms with E-state index >= 15 is 0 Å². The molecular formula is C12H14N2O5. The molecule has 1 fully saturated rings. The highest BCUT2D eigenvalue weighted by molar-refractivity contribution is 5.99. The van der Waals surface area contributed by atoms with Gasteiger partial charge < -0.3 is 9.26 Å².